The molecule has 5 nitrogen and oxygen atoms in total. The van der Waals surface area contributed by atoms with Gasteiger partial charge in [-0.1, -0.05) is 23.7 Å². The van der Waals surface area contributed by atoms with Crippen molar-refractivity contribution < 1.29 is 14.6 Å². The summed E-state index contributed by atoms with van der Waals surface area (Å²) in [5.41, 5.74) is 1.50. The normalized spacial score (nSPS) is 16.2. The SMILES string of the molecule is O=C(O)c1cc(CN2CCOCC2)nc2c(Cl)cccc12. The average Bonchev–Trinajstić information content (AvgIpc) is 2.48. The minimum absolute atomic E-state index is 0.241. The van der Waals surface area contributed by atoms with Crippen LogP contribution in [0.3, 0.4) is 0 Å². The molecule has 0 bridgehead atoms. The van der Waals surface area contributed by atoms with Crippen molar-refractivity contribution in [2.45, 2.75) is 6.54 Å². The summed E-state index contributed by atoms with van der Waals surface area (Å²) in [5.74, 6) is -0.965. The van der Waals surface area contributed by atoms with Gasteiger partial charge in [-0.2, -0.15) is 0 Å². The molecule has 0 unspecified atom stereocenters. The van der Waals surface area contributed by atoms with E-state index in [0.29, 0.717) is 35.7 Å². The zero-order valence-corrected chi connectivity index (χ0v) is 12.1. The molecule has 110 valence electrons. The van der Waals surface area contributed by atoms with Gasteiger partial charge in [0.25, 0.3) is 0 Å². The Kier molecular flexibility index (Phi) is 4.05. The van der Waals surface area contributed by atoms with Crippen LogP contribution in [0.1, 0.15) is 16.1 Å². The molecule has 1 saturated heterocycles. The Morgan fingerprint density at radius 2 is 2.14 bits per heavy atom. The molecule has 1 fully saturated rings. The molecule has 0 aliphatic carbocycles. The molecule has 0 atom stereocenters. The van der Waals surface area contributed by atoms with Crippen molar-refractivity contribution in [2.75, 3.05) is 26.3 Å². The van der Waals surface area contributed by atoms with Gasteiger partial charge in [-0.15, -0.1) is 0 Å². The molecule has 0 saturated carbocycles. The molecular formula is C15H15ClN2O3. The summed E-state index contributed by atoms with van der Waals surface area (Å²) < 4.78 is 5.31. The molecule has 0 radical (unpaired) electrons. The lowest BCUT2D eigenvalue weighted by atomic mass is 10.1. The smallest absolute Gasteiger partial charge is 0.336 e. The van der Waals surface area contributed by atoms with E-state index in [4.69, 9.17) is 16.3 Å². The van der Waals surface area contributed by atoms with Crippen LogP contribution >= 0.6 is 11.6 Å². The zero-order chi connectivity index (χ0) is 14.8. The zero-order valence-electron chi connectivity index (χ0n) is 11.4. The Balaban J connectivity index is 2.02. The Morgan fingerprint density at radius 3 is 2.86 bits per heavy atom. The number of carboxylic acid groups (broad SMARTS) is 1. The summed E-state index contributed by atoms with van der Waals surface area (Å²) in [7, 11) is 0. The fourth-order valence-corrected chi connectivity index (χ4v) is 2.73. The predicted molar refractivity (Wildman–Crippen MR) is 79.8 cm³/mol. The molecule has 21 heavy (non-hydrogen) atoms. The number of nitrogens with zero attached hydrogens (tertiary/aromatic N) is 2. The lowest BCUT2D eigenvalue weighted by molar-refractivity contribution is 0.0336. The van der Waals surface area contributed by atoms with E-state index >= 15 is 0 Å². The lowest BCUT2D eigenvalue weighted by Crippen LogP contribution is -2.35. The Hall–Kier alpha value is -1.69. The molecular weight excluding hydrogens is 292 g/mol. The van der Waals surface area contributed by atoms with Gasteiger partial charge in [0.05, 0.1) is 35.0 Å². The second-order valence-corrected chi connectivity index (χ2v) is 5.40. The van der Waals surface area contributed by atoms with E-state index in [2.05, 4.69) is 9.88 Å². The monoisotopic (exact) mass is 306 g/mol. The number of ether oxygens (including phenoxy) is 1. The maximum Gasteiger partial charge on any atom is 0.336 e. The van der Waals surface area contributed by atoms with Crippen LogP contribution in [0.15, 0.2) is 24.3 Å². The lowest BCUT2D eigenvalue weighted by Gasteiger charge is -2.26. The molecule has 0 amide bonds. The van der Waals surface area contributed by atoms with Gasteiger partial charge < -0.3 is 9.84 Å². The van der Waals surface area contributed by atoms with Gasteiger partial charge in [-0.25, -0.2) is 9.78 Å². The second kappa shape index (κ2) is 5.97. The standard InChI is InChI=1S/C15H15ClN2O3/c16-13-3-1-2-11-12(15(19)20)8-10(17-14(11)13)9-18-4-6-21-7-5-18/h1-3,8H,4-7,9H2,(H,19,20). The van der Waals surface area contributed by atoms with Gasteiger partial charge in [0.1, 0.15) is 0 Å². The summed E-state index contributed by atoms with van der Waals surface area (Å²) in [6, 6.07) is 6.83. The summed E-state index contributed by atoms with van der Waals surface area (Å²) in [6.45, 7) is 3.64. The Labute approximate surface area is 127 Å². The number of halogens is 1. The molecule has 1 aromatic carbocycles. The minimum atomic E-state index is -0.965. The molecule has 0 spiro atoms. The molecule has 2 heterocycles. The van der Waals surface area contributed by atoms with E-state index in [9.17, 15) is 9.90 Å². The first kappa shape index (κ1) is 14.3. The van der Waals surface area contributed by atoms with Crippen molar-refractivity contribution >= 4 is 28.5 Å². The third kappa shape index (κ3) is 3.00. The van der Waals surface area contributed by atoms with Crippen LogP contribution < -0.4 is 0 Å². The molecule has 1 aliphatic heterocycles. The number of aromatic carboxylic acids is 1. The highest BCUT2D eigenvalue weighted by Crippen LogP contribution is 2.25. The first-order valence-corrected chi connectivity index (χ1v) is 7.14. The number of benzene rings is 1. The van der Waals surface area contributed by atoms with Crippen LogP contribution in [-0.4, -0.2) is 47.3 Å². The number of rotatable bonds is 3. The maximum absolute atomic E-state index is 11.5. The summed E-state index contributed by atoms with van der Waals surface area (Å²) in [5, 5.41) is 10.4. The number of aromatic nitrogens is 1. The van der Waals surface area contributed by atoms with E-state index in [1.54, 1.807) is 24.3 Å². The number of fused-ring (bicyclic) bond motifs is 1. The predicted octanol–water partition coefficient (Wildman–Crippen LogP) is 2.42. The number of para-hydroxylation sites is 1. The quantitative estimate of drug-likeness (QED) is 0.943. The maximum atomic E-state index is 11.5. The van der Waals surface area contributed by atoms with Gasteiger partial charge in [-0.05, 0) is 12.1 Å². The van der Waals surface area contributed by atoms with Crippen molar-refractivity contribution in [3.8, 4) is 0 Å². The number of hydrogen-bond acceptors (Lipinski definition) is 4. The van der Waals surface area contributed by atoms with Gasteiger partial charge in [0, 0.05) is 25.0 Å². The molecule has 3 rings (SSSR count). The van der Waals surface area contributed by atoms with Crippen molar-refractivity contribution in [3.05, 3.63) is 40.5 Å². The largest absolute Gasteiger partial charge is 0.478 e. The highest BCUT2D eigenvalue weighted by Gasteiger charge is 2.16. The van der Waals surface area contributed by atoms with Crippen LogP contribution in [0.4, 0.5) is 0 Å². The third-order valence-electron chi connectivity index (χ3n) is 3.56. The van der Waals surface area contributed by atoms with Crippen molar-refractivity contribution in [1.29, 1.82) is 0 Å². The number of morpholine rings is 1. The Morgan fingerprint density at radius 1 is 1.38 bits per heavy atom. The van der Waals surface area contributed by atoms with E-state index in [1.807, 2.05) is 0 Å². The fourth-order valence-electron chi connectivity index (χ4n) is 2.51. The van der Waals surface area contributed by atoms with Crippen molar-refractivity contribution in [1.82, 2.24) is 9.88 Å². The number of carbonyl (C=O) groups is 1. The summed E-state index contributed by atoms with van der Waals surface area (Å²) >= 11 is 6.16. The molecule has 2 aromatic rings. The number of pyridine rings is 1. The van der Waals surface area contributed by atoms with E-state index in [-0.39, 0.29) is 5.56 Å². The highest BCUT2D eigenvalue weighted by atomic mass is 35.5. The summed E-state index contributed by atoms with van der Waals surface area (Å²) in [4.78, 5) is 18.2. The number of hydrogen-bond donors (Lipinski definition) is 1. The number of carboxylic acids is 1. The first-order valence-electron chi connectivity index (χ1n) is 6.76. The van der Waals surface area contributed by atoms with Gasteiger partial charge in [0.2, 0.25) is 0 Å². The van der Waals surface area contributed by atoms with Crippen molar-refractivity contribution in [3.63, 3.8) is 0 Å². The van der Waals surface area contributed by atoms with Gasteiger partial charge in [-0.3, -0.25) is 4.90 Å². The topological polar surface area (TPSA) is 62.7 Å². The highest BCUT2D eigenvalue weighted by molar-refractivity contribution is 6.35. The first-order chi connectivity index (χ1) is 10.1. The van der Waals surface area contributed by atoms with Crippen LogP contribution in [0, 0.1) is 0 Å². The van der Waals surface area contributed by atoms with Crippen molar-refractivity contribution in [2.24, 2.45) is 0 Å². The fraction of sp³-hybridized carbons (Fsp3) is 0.333. The van der Waals surface area contributed by atoms with Crippen LogP contribution in [0.2, 0.25) is 5.02 Å². The van der Waals surface area contributed by atoms with E-state index in [1.165, 1.54) is 0 Å². The van der Waals surface area contributed by atoms with Crippen LogP contribution in [0.25, 0.3) is 10.9 Å². The molecule has 1 N–H and O–H groups in total. The van der Waals surface area contributed by atoms with Gasteiger partial charge in [0.15, 0.2) is 0 Å². The van der Waals surface area contributed by atoms with E-state index < -0.39 is 5.97 Å². The van der Waals surface area contributed by atoms with Gasteiger partial charge >= 0.3 is 5.97 Å². The molecule has 1 aromatic heterocycles. The molecule has 1 aliphatic rings. The minimum Gasteiger partial charge on any atom is -0.478 e. The third-order valence-corrected chi connectivity index (χ3v) is 3.87. The summed E-state index contributed by atoms with van der Waals surface area (Å²) in [6.07, 6.45) is 0. The Bertz CT molecular complexity index is 684. The van der Waals surface area contributed by atoms with Crippen LogP contribution in [0.5, 0.6) is 0 Å². The second-order valence-electron chi connectivity index (χ2n) is 4.99. The molecule has 6 heteroatoms. The van der Waals surface area contributed by atoms with E-state index in [0.717, 1.165) is 18.8 Å². The van der Waals surface area contributed by atoms with Crippen LogP contribution in [-0.2, 0) is 11.3 Å². The average molecular weight is 307 g/mol.